The third-order valence-corrected chi connectivity index (χ3v) is 4.17. The molecular formula is C15H23N3O3. The molecule has 0 bridgehead atoms. The summed E-state index contributed by atoms with van der Waals surface area (Å²) in [7, 11) is 3.44. The number of nitrogens with zero attached hydrogens (tertiary/aromatic N) is 2. The molecule has 1 N–H and O–H groups in total. The fourth-order valence-electron chi connectivity index (χ4n) is 2.91. The lowest BCUT2D eigenvalue weighted by Gasteiger charge is -2.39. The van der Waals surface area contributed by atoms with Crippen molar-refractivity contribution in [2.24, 2.45) is 0 Å². The zero-order valence-electron chi connectivity index (χ0n) is 12.9. The molecule has 0 spiro atoms. The highest BCUT2D eigenvalue weighted by atomic mass is 16.6. The van der Waals surface area contributed by atoms with Crippen LogP contribution in [0.25, 0.3) is 0 Å². The second-order valence-electron chi connectivity index (χ2n) is 5.83. The monoisotopic (exact) mass is 293 g/mol. The number of likely N-dealkylation sites (tertiary alicyclic amines) is 1. The van der Waals surface area contributed by atoms with Crippen LogP contribution >= 0.6 is 0 Å². The maximum absolute atomic E-state index is 11.1. The highest BCUT2D eigenvalue weighted by Gasteiger charge is 2.30. The number of piperidine rings is 1. The molecule has 1 atom stereocenters. The average molecular weight is 293 g/mol. The largest absolute Gasteiger partial charge is 0.383 e. The zero-order valence-corrected chi connectivity index (χ0v) is 12.9. The molecule has 116 valence electrons. The van der Waals surface area contributed by atoms with Crippen LogP contribution in [-0.4, -0.2) is 42.7 Å². The van der Waals surface area contributed by atoms with Crippen molar-refractivity contribution in [1.29, 1.82) is 0 Å². The number of anilines is 1. The summed E-state index contributed by atoms with van der Waals surface area (Å²) in [5.41, 5.74) is 1.52. The summed E-state index contributed by atoms with van der Waals surface area (Å²) in [6.45, 7) is 4.68. The predicted molar refractivity (Wildman–Crippen MR) is 82.6 cm³/mol. The first-order valence-electron chi connectivity index (χ1n) is 7.20. The standard InChI is InChI=1S/C15H23N3O3/c1-15(21-3)7-4-8-17(11-15)10-12-5-6-13(16-2)14(9-12)18(19)20/h5-6,9,16H,4,7-8,10-11H2,1-3H3. The van der Waals surface area contributed by atoms with Crippen LogP contribution in [0.2, 0.25) is 0 Å². The molecule has 1 aliphatic heterocycles. The molecule has 2 rings (SSSR count). The van der Waals surface area contributed by atoms with Gasteiger partial charge in [0.1, 0.15) is 5.69 Å². The van der Waals surface area contributed by atoms with Crippen LogP contribution in [0, 0.1) is 10.1 Å². The molecule has 0 aliphatic carbocycles. The van der Waals surface area contributed by atoms with Crippen LogP contribution in [-0.2, 0) is 11.3 Å². The number of nitrogens with one attached hydrogen (secondary N) is 1. The van der Waals surface area contributed by atoms with Crippen molar-refractivity contribution in [1.82, 2.24) is 4.90 Å². The average Bonchev–Trinajstić information content (AvgIpc) is 2.47. The van der Waals surface area contributed by atoms with Crippen molar-refractivity contribution >= 4 is 11.4 Å². The molecule has 0 saturated carbocycles. The van der Waals surface area contributed by atoms with Gasteiger partial charge in [0.25, 0.3) is 5.69 Å². The third kappa shape index (κ3) is 3.71. The predicted octanol–water partition coefficient (Wildman–Crippen LogP) is 2.64. The Hall–Kier alpha value is -1.66. The second kappa shape index (κ2) is 6.41. The molecule has 0 amide bonds. The van der Waals surface area contributed by atoms with E-state index in [0.717, 1.165) is 31.5 Å². The van der Waals surface area contributed by atoms with Gasteiger partial charge in [0, 0.05) is 33.3 Å². The summed E-state index contributed by atoms with van der Waals surface area (Å²) >= 11 is 0. The Kier molecular flexibility index (Phi) is 4.80. The van der Waals surface area contributed by atoms with Crippen LogP contribution in [0.4, 0.5) is 11.4 Å². The van der Waals surface area contributed by atoms with Crippen LogP contribution in [0.1, 0.15) is 25.3 Å². The number of nitro benzene ring substituents is 1. The summed E-state index contributed by atoms with van der Waals surface area (Å²) in [4.78, 5) is 13.1. The van der Waals surface area contributed by atoms with E-state index in [4.69, 9.17) is 4.74 Å². The van der Waals surface area contributed by atoms with E-state index in [9.17, 15) is 10.1 Å². The van der Waals surface area contributed by atoms with Crippen molar-refractivity contribution in [3.8, 4) is 0 Å². The molecule has 6 heteroatoms. The van der Waals surface area contributed by atoms with Crippen molar-refractivity contribution in [2.45, 2.75) is 31.9 Å². The molecule has 1 unspecified atom stereocenters. The lowest BCUT2D eigenvalue weighted by molar-refractivity contribution is -0.384. The Balaban J connectivity index is 2.12. The minimum absolute atomic E-state index is 0.116. The summed E-state index contributed by atoms with van der Waals surface area (Å²) in [5, 5.41) is 14.0. The maximum atomic E-state index is 11.1. The number of benzene rings is 1. The Morgan fingerprint density at radius 1 is 1.52 bits per heavy atom. The minimum Gasteiger partial charge on any atom is -0.383 e. The van der Waals surface area contributed by atoms with Gasteiger partial charge in [-0.15, -0.1) is 0 Å². The Morgan fingerprint density at radius 2 is 2.29 bits per heavy atom. The number of ether oxygens (including phenoxy) is 1. The van der Waals surface area contributed by atoms with Crippen LogP contribution in [0.5, 0.6) is 0 Å². The normalized spacial score (nSPS) is 23.0. The fraction of sp³-hybridized carbons (Fsp3) is 0.600. The molecule has 0 aromatic heterocycles. The number of methoxy groups -OCH3 is 1. The van der Waals surface area contributed by atoms with E-state index >= 15 is 0 Å². The molecule has 21 heavy (non-hydrogen) atoms. The molecule has 6 nitrogen and oxygen atoms in total. The summed E-state index contributed by atoms with van der Waals surface area (Å²) in [6.07, 6.45) is 2.14. The van der Waals surface area contributed by atoms with E-state index in [1.165, 1.54) is 0 Å². The van der Waals surface area contributed by atoms with Gasteiger partial charge in [0.05, 0.1) is 10.5 Å². The van der Waals surface area contributed by atoms with Gasteiger partial charge >= 0.3 is 0 Å². The summed E-state index contributed by atoms with van der Waals surface area (Å²) in [5.74, 6) is 0. The molecule has 1 fully saturated rings. The quantitative estimate of drug-likeness (QED) is 0.667. The van der Waals surface area contributed by atoms with Crippen LogP contribution in [0.15, 0.2) is 18.2 Å². The second-order valence-corrected chi connectivity index (χ2v) is 5.83. The highest BCUT2D eigenvalue weighted by Crippen LogP contribution is 2.28. The molecule has 0 radical (unpaired) electrons. The SMILES string of the molecule is CNc1ccc(CN2CCCC(C)(OC)C2)cc1[N+](=O)[O-]. The maximum Gasteiger partial charge on any atom is 0.292 e. The van der Waals surface area contributed by atoms with Gasteiger partial charge in [0.2, 0.25) is 0 Å². The zero-order chi connectivity index (χ0) is 15.5. The van der Waals surface area contributed by atoms with E-state index in [0.29, 0.717) is 12.2 Å². The molecule has 1 aromatic rings. The van der Waals surface area contributed by atoms with Crippen molar-refractivity contribution < 1.29 is 9.66 Å². The van der Waals surface area contributed by atoms with E-state index in [1.807, 2.05) is 6.07 Å². The van der Waals surface area contributed by atoms with Gasteiger partial charge < -0.3 is 10.1 Å². The number of hydrogen-bond donors (Lipinski definition) is 1. The van der Waals surface area contributed by atoms with Gasteiger partial charge in [-0.1, -0.05) is 6.07 Å². The van der Waals surface area contributed by atoms with E-state index < -0.39 is 0 Å². The first-order chi connectivity index (χ1) is 9.97. The molecule has 1 heterocycles. The van der Waals surface area contributed by atoms with Crippen molar-refractivity contribution in [3.05, 3.63) is 33.9 Å². The van der Waals surface area contributed by atoms with Gasteiger partial charge in [-0.05, 0) is 37.9 Å². The Labute approximate surface area is 125 Å². The Morgan fingerprint density at radius 3 is 2.90 bits per heavy atom. The smallest absolute Gasteiger partial charge is 0.292 e. The van der Waals surface area contributed by atoms with Crippen LogP contribution in [0.3, 0.4) is 0 Å². The summed E-state index contributed by atoms with van der Waals surface area (Å²) in [6, 6.07) is 5.37. The molecular weight excluding hydrogens is 270 g/mol. The molecule has 1 saturated heterocycles. The topological polar surface area (TPSA) is 67.6 Å². The van der Waals surface area contributed by atoms with Gasteiger partial charge in [-0.2, -0.15) is 0 Å². The highest BCUT2D eigenvalue weighted by molar-refractivity contribution is 5.62. The fourth-order valence-corrected chi connectivity index (χ4v) is 2.91. The van der Waals surface area contributed by atoms with E-state index in [2.05, 4.69) is 17.1 Å². The lowest BCUT2D eigenvalue weighted by atomic mass is 9.94. The minimum atomic E-state index is -0.342. The van der Waals surface area contributed by atoms with E-state index in [-0.39, 0.29) is 16.2 Å². The number of hydrogen-bond acceptors (Lipinski definition) is 5. The first-order valence-corrected chi connectivity index (χ1v) is 7.20. The van der Waals surface area contributed by atoms with E-state index in [1.54, 1.807) is 26.3 Å². The molecule has 1 aromatic carbocycles. The van der Waals surface area contributed by atoms with Gasteiger partial charge in [-0.3, -0.25) is 15.0 Å². The third-order valence-electron chi connectivity index (χ3n) is 4.17. The first kappa shape index (κ1) is 15.7. The van der Waals surface area contributed by atoms with Gasteiger partial charge in [-0.25, -0.2) is 0 Å². The number of rotatable bonds is 5. The summed E-state index contributed by atoms with van der Waals surface area (Å²) < 4.78 is 5.59. The number of nitro groups is 1. The molecule has 1 aliphatic rings. The Bertz CT molecular complexity index is 521. The van der Waals surface area contributed by atoms with Gasteiger partial charge in [0.15, 0.2) is 0 Å². The van der Waals surface area contributed by atoms with Crippen molar-refractivity contribution in [3.63, 3.8) is 0 Å². The van der Waals surface area contributed by atoms with Crippen molar-refractivity contribution in [2.75, 3.05) is 32.6 Å². The van der Waals surface area contributed by atoms with Crippen LogP contribution < -0.4 is 5.32 Å². The lowest BCUT2D eigenvalue weighted by Crippen LogP contribution is -2.46.